The van der Waals surface area contributed by atoms with Crippen LogP contribution >= 0.6 is 0 Å². The first-order valence-corrected chi connectivity index (χ1v) is 10.4. The van der Waals surface area contributed by atoms with E-state index < -0.39 is 10.1 Å². The van der Waals surface area contributed by atoms with Crippen LogP contribution in [0.3, 0.4) is 0 Å². The molecule has 5 heteroatoms. The summed E-state index contributed by atoms with van der Waals surface area (Å²) in [4.78, 5) is -0.0426. The number of aryl methyl sites for hydroxylation is 2. The summed E-state index contributed by atoms with van der Waals surface area (Å²) in [6, 6.07) is 4.97. The minimum absolute atomic E-state index is 0. The largest absolute Gasteiger partial charge is 1.00 e. The summed E-state index contributed by atoms with van der Waals surface area (Å²) in [6.07, 6.45) is 13.1. The Morgan fingerprint density at radius 1 is 0.875 bits per heavy atom. The van der Waals surface area contributed by atoms with Crippen LogP contribution in [-0.2, 0) is 16.5 Å². The fraction of sp³-hybridized carbons (Fsp3) is 0.684. The van der Waals surface area contributed by atoms with Crippen LogP contribution in [0.15, 0.2) is 23.1 Å². The Hall–Kier alpha value is 0.130. The molecular formula is C19H31NaO3S. The van der Waals surface area contributed by atoms with Gasteiger partial charge in [-0.2, -0.15) is 0 Å². The second-order valence-electron chi connectivity index (χ2n) is 6.50. The van der Waals surface area contributed by atoms with Gasteiger partial charge in [0.15, 0.2) is 0 Å². The Labute approximate surface area is 170 Å². The van der Waals surface area contributed by atoms with E-state index in [4.69, 9.17) is 0 Å². The monoisotopic (exact) mass is 362 g/mol. The van der Waals surface area contributed by atoms with E-state index in [0.717, 1.165) is 18.4 Å². The molecule has 0 aliphatic heterocycles. The molecule has 0 atom stereocenters. The van der Waals surface area contributed by atoms with Crippen LogP contribution in [-0.4, -0.2) is 13.0 Å². The standard InChI is InChI=1S/C19H32O3S.Na/c1-3-4-5-6-7-8-9-10-11-12-13-18-16-17(2)14-15-19(18)23(20,21)22;/h14-16H,3-13H2,1-2H3,(H,20,21,22);/q;+1/p-1. The van der Waals surface area contributed by atoms with Gasteiger partial charge in [0.05, 0.1) is 4.90 Å². The molecule has 0 saturated heterocycles. The maximum Gasteiger partial charge on any atom is 1.00 e. The second-order valence-corrected chi connectivity index (χ2v) is 7.85. The van der Waals surface area contributed by atoms with Crippen molar-refractivity contribution < 1.29 is 42.5 Å². The Morgan fingerprint density at radius 3 is 1.88 bits per heavy atom. The molecule has 0 fully saturated rings. The van der Waals surface area contributed by atoms with Crippen molar-refractivity contribution in [3.63, 3.8) is 0 Å². The van der Waals surface area contributed by atoms with Gasteiger partial charge in [0.25, 0.3) is 0 Å². The zero-order chi connectivity index (χ0) is 17.1. The molecule has 0 heterocycles. The van der Waals surface area contributed by atoms with E-state index in [1.54, 1.807) is 6.07 Å². The first kappa shape index (κ1) is 24.1. The van der Waals surface area contributed by atoms with Gasteiger partial charge in [0, 0.05) is 0 Å². The summed E-state index contributed by atoms with van der Waals surface area (Å²) in [5, 5.41) is 0. The van der Waals surface area contributed by atoms with Gasteiger partial charge in [-0.15, -0.1) is 0 Å². The minimum atomic E-state index is -4.36. The van der Waals surface area contributed by atoms with Crippen LogP contribution < -0.4 is 29.6 Å². The third-order valence-corrected chi connectivity index (χ3v) is 5.22. The molecule has 0 aromatic heterocycles. The third kappa shape index (κ3) is 10.2. The molecule has 0 radical (unpaired) electrons. The molecule has 0 spiro atoms. The molecule has 1 aromatic rings. The van der Waals surface area contributed by atoms with E-state index in [-0.39, 0.29) is 34.5 Å². The smallest absolute Gasteiger partial charge is 0.744 e. The van der Waals surface area contributed by atoms with Crippen molar-refractivity contribution in [3.05, 3.63) is 29.3 Å². The molecule has 132 valence electrons. The minimum Gasteiger partial charge on any atom is -0.744 e. The fourth-order valence-electron chi connectivity index (χ4n) is 2.95. The maximum absolute atomic E-state index is 11.3. The summed E-state index contributed by atoms with van der Waals surface area (Å²) in [5.41, 5.74) is 1.68. The predicted molar refractivity (Wildman–Crippen MR) is 94.7 cm³/mol. The quantitative estimate of drug-likeness (QED) is 0.326. The van der Waals surface area contributed by atoms with Crippen molar-refractivity contribution in [1.82, 2.24) is 0 Å². The van der Waals surface area contributed by atoms with Crippen molar-refractivity contribution in [3.8, 4) is 0 Å². The molecule has 0 aliphatic carbocycles. The number of hydrogen-bond donors (Lipinski definition) is 0. The van der Waals surface area contributed by atoms with Crippen LogP contribution in [0.4, 0.5) is 0 Å². The van der Waals surface area contributed by atoms with Gasteiger partial charge in [-0.25, -0.2) is 8.42 Å². The van der Waals surface area contributed by atoms with Crippen LogP contribution in [0.1, 0.15) is 82.3 Å². The molecule has 1 rings (SSSR count). The van der Waals surface area contributed by atoms with Crippen molar-refractivity contribution in [2.45, 2.75) is 89.4 Å². The summed E-state index contributed by atoms with van der Waals surface area (Å²) < 4.78 is 33.9. The van der Waals surface area contributed by atoms with E-state index in [9.17, 15) is 13.0 Å². The molecule has 0 unspecified atom stereocenters. The maximum atomic E-state index is 11.3. The topological polar surface area (TPSA) is 57.2 Å². The number of hydrogen-bond acceptors (Lipinski definition) is 3. The zero-order valence-electron chi connectivity index (χ0n) is 15.6. The van der Waals surface area contributed by atoms with Gasteiger partial charge >= 0.3 is 29.6 Å². The Kier molecular flexibility index (Phi) is 13.4. The fourth-order valence-corrected chi connectivity index (χ4v) is 3.67. The van der Waals surface area contributed by atoms with Gasteiger partial charge < -0.3 is 4.55 Å². The van der Waals surface area contributed by atoms with E-state index in [1.165, 1.54) is 57.4 Å². The van der Waals surface area contributed by atoms with Crippen molar-refractivity contribution in [2.24, 2.45) is 0 Å². The molecule has 0 saturated carbocycles. The van der Waals surface area contributed by atoms with Gasteiger partial charge in [0.2, 0.25) is 0 Å². The molecular weight excluding hydrogens is 331 g/mol. The normalized spacial score (nSPS) is 11.3. The summed E-state index contributed by atoms with van der Waals surface area (Å²) in [5.74, 6) is 0. The molecule has 24 heavy (non-hydrogen) atoms. The SMILES string of the molecule is CCCCCCCCCCCCc1cc(C)ccc1S(=O)(=O)[O-].[Na+]. The average molecular weight is 363 g/mol. The van der Waals surface area contributed by atoms with E-state index in [1.807, 2.05) is 13.0 Å². The van der Waals surface area contributed by atoms with Gasteiger partial charge in [-0.3, -0.25) is 0 Å². The van der Waals surface area contributed by atoms with Crippen molar-refractivity contribution >= 4 is 10.1 Å². The molecule has 0 amide bonds. The van der Waals surface area contributed by atoms with Gasteiger partial charge in [-0.05, 0) is 31.4 Å². The average Bonchev–Trinajstić information content (AvgIpc) is 2.48. The van der Waals surface area contributed by atoms with Crippen molar-refractivity contribution in [1.29, 1.82) is 0 Å². The van der Waals surface area contributed by atoms with Crippen LogP contribution in [0, 0.1) is 6.92 Å². The van der Waals surface area contributed by atoms with Crippen LogP contribution in [0.2, 0.25) is 0 Å². The Morgan fingerprint density at radius 2 is 1.38 bits per heavy atom. The summed E-state index contributed by atoms with van der Waals surface area (Å²) in [7, 11) is -4.36. The summed E-state index contributed by atoms with van der Waals surface area (Å²) in [6.45, 7) is 4.15. The molecule has 0 N–H and O–H groups in total. The number of unbranched alkanes of at least 4 members (excludes halogenated alkanes) is 9. The van der Waals surface area contributed by atoms with Crippen LogP contribution in [0.25, 0.3) is 0 Å². The van der Waals surface area contributed by atoms with Crippen LogP contribution in [0.5, 0.6) is 0 Å². The second kappa shape index (κ2) is 13.3. The van der Waals surface area contributed by atoms with Gasteiger partial charge in [0.1, 0.15) is 10.1 Å². The zero-order valence-corrected chi connectivity index (χ0v) is 18.5. The molecule has 1 aromatic carbocycles. The first-order chi connectivity index (χ1) is 10.9. The van der Waals surface area contributed by atoms with Crippen molar-refractivity contribution in [2.75, 3.05) is 0 Å². The first-order valence-electron chi connectivity index (χ1n) is 9.00. The number of rotatable bonds is 12. The van der Waals surface area contributed by atoms with Gasteiger partial charge in [-0.1, -0.05) is 82.4 Å². The van der Waals surface area contributed by atoms with E-state index in [0.29, 0.717) is 12.0 Å². The molecule has 0 bridgehead atoms. The third-order valence-electron chi connectivity index (χ3n) is 4.28. The Balaban J connectivity index is 0.00000529. The van der Waals surface area contributed by atoms with E-state index in [2.05, 4.69) is 6.92 Å². The molecule has 0 aliphatic rings. The summed E-state index contributed by atoms with van der Waals surface area (Å²) >= 11 is 0. The van der Waals surface area contributed by atoms with E-state index >= 15 is 0 Å². The molecule has 3 nitrogen and oxygen atoms in total. The Bertz CT molecular complexity index is 556. The predicted octanol–water partition coefficient (Wildman–Crippen LogP) is 2.37. The number of benzene rings is 1.